The van der Waals surface area contributed by atoms with E-state index in [1.54, 1.807) is 25.3 Å². The Morgan fingerprint density at radius 1 is 0.955 bits per heavy atom. The highest BCUT2D eigenvalue weighted by Crippen LogP contribution is 2.40. The molecular formula is C36H39Cl2N3O3. The number of nitrogens with zero attached hydrogens (tertiary/aromatic N) is 2. The van der Waals surface area contributed by atoms with Crippen LogP contribution < -0.4 is 10.1 Å². The Hall–Kier alpha value is -3.32. The molecule has 2 saturated heterocycles. The number of amides is 1. The summed E-state index contributed by atoms with van der Waals surface area (Å²) in [5.41, 5.74) is 4.48. The number of piperidine rings is 1. The average molecular weight is 633 g/mol. The third-order valence-electron chi connectivity index (χ3n) is 9.32. The second-order valence-corrected chi connectivity index (χ2v) is 13.2. The second kappa shape index (κ2) is 13.4. The van der Waals surface area contributed by atoms with Crippen LogP contribution >= 0.6 is 23.2 Å². The van der Waals surface area contributed by atoms with Gasteiger partial charge < -0.3 is 14.6 Å². The molecule has 2 bridgehead atoms. The van der Waals surface area contributed by atoms with Crippen molar-refractivity contribution in [2.45, 2.75) is 70.6 Å². The van der Waals surface area contributed by atoms with Crippen molar-refractivity contribution >= 4 is 45.8 Å². The summed E-state index contributed by atoms with van der Waals surface area (Å²) >= 11 is 12.3. The summed E-state index contributed by atoms with van der Waals surface area (Å²) in [7, 11) is 1.68. The van der Waals surface area contributed by atoms with Crippen LogP contribution in [-0.2, 0) is 13.1 Å². The maximum absolute atomic E-state index is 13.4. The lowest BCUT2D eigenvalue weighted by atomic mass is 9.85. The smallest absolute Gasteiger partial charge is 0.253 e. The highest BCUT2D eigenvalue weighted by molar-refractivity contribution is 6.35. The number of carbonyl (C=O) groups is 2. The quantitative estimate of drug-likeness (QED) is 0.170. The van der Waals surface area contributed by atoms with Gasteiger partial charge in [-0.1, -0.05) is 65.2 Å². The predicted molar refractivity (Wildman–Crippen MR) is 177 cm³/mol. The zero-order valence-electron chi connectivity index (χ0n) is 25.3. The van der Waals surface area contributed by atoms with Crippen molar-refractivity contribution < 1.29 is 14.3 Å². The highest BCUT2D eigenvalue weighted by Gasteiger charge is 2.40. The molecule has 1 amide bonds. The number of hydrogen-bond donors (Lipinski definition) is 1. The lowest BCUT2D eigenvalue weighted by molar-refractivity contribution is 0.0807. The molecule has 3 aromatic carbocycles. The molecule has 2 fully saturated rings. The van der Waals surface area contributed by atoms with Crippen LogP contribution in [-0.4, -0.2) is 46.9 Å². The number of hydrogen-bond acceptors (Lipinski definition) is 4. The SMILES string of the molecule is COc1cccc2c(C(=O)NCc3cccc(C)c3)cn(CCCN3[C@@H]4CC[C@H]3C[C@@H](CC(=O)c3cc(Cl)cc(Cl)c3)C4)c12. The molecule has 44 heavy (non-hydrogen) atoms. The first-order valence-electron chi connectivity index (χ1n) is 15.5. The summed E-state index contributed by atoms with van der Waals surface area (Å²) in [5.74, 6) is 1.19. The summed E-state index contributed by atoms with van der Waals surface area (Å²) in [6.07, 6.45) is 7.94. The van der Waals surface area contributed by atoms with Gasteiger partial charge in [0.1, 0.15) is 5.75 Å². The molecule has 0 unspecified atom stereocenters. The van der Waals surface area contributed by atoms with Gasteiger partial charge in [-0.2, -0.15) is 0 Å². The number of benzene rings is 3. The molecule has 6 rings (SSSR count). The van der Waals surface area contributed by atoms with Gasteiger partial charge in [-0.05, 0) is 74.8 Å². The fourth-order valence-corrected chi connectivity index (χ4v) is 7.91. The molecule has 2 aliphatic rings. The van der Waals surface area contributed by atoms with E-state index in [9.17, 15) is 9.59 Å². The molecule has 230 valence electrons. The first kappa shape index (κ1) is 30.7. The third-order valence-corrected chi connectivity index (χ3v) is 9.75. The van der Waals surface area contributed by atoms with E-state index < -0.39 is 0 Å². The van der Waals surface area contributed by atoms with Gasteiger partial charge in [-0.25, -0.2) is 0 Å². The van der Waals surface area contributed by atoms with Crippen molar-refractivity contribution in [1.82, 2.24) is 14.8 Å². The third kappa shape index (κ3) is 6.68. The molecule has 0 radical (unpaired) electrons. The Kier molecular flexibility index (Phi) is 9.31. The standard InChI is InChI=1S/C36H39Cl2N3O3/c1-23-6-3-7-24(14-23)21-39-36(43)32-22-40(35-31(32)8-4-9-34(35)44-2)12-5-13-41-29-10-11-30(41)16-25(15-29)17-33(42)26-18-27(37)20-28(38)19-26/h3-4,6-9,14,18-20,22,25,29-30H,5,10-13,15-17,21H2,1-2H3,(H,39,43)/t25-,29+,30-. The number of nitrogens with one attached hydrogen (secondary N) is 1. The maximum atomic E-state index is 13.4. The van der Waals surface area contributed by atoms with Gasteiger partial charge >= 0.3 is 0 Å². The zero-order valence-corrected chi connectivity index (χ0v) is 26.8. The van der Waals surface area contributed by atoms with Crippen molar-refractivity contribution in [3.05, 3.63) is 99.2 Å². The molecule has 4 aromatic rings. The first-order chi connectivity index (χ1) is 21.3. The Morgan fingerprint density at radius 2 is 1.68 bits per heavy atom. The summed E-state index contributed by atoms with van der Waals surface area (Å²) in [6.45, 7) is 4.31. The number of aromatic nitrogens is 1. The second-order valence-electron chi connectivity index (χ2n) is 12.4. The highest BCUT2D eigenvalue weighted by atomic mass is 35.5. The number of ether oxygens (including phenoxy) is 1. The van der Waals surface area contributed by atoms with Crippen LogP contribution in [0.15, 0.2) is 66.9 Å². The molecule has 1 aromatic heterocycles. The van der Waals surface area contributed by atoms with Gasteiger partial charge in [0.15, 0.2) is 5.78 Å². The van der Waals surface area contributed by atoms with Crippen molar-refractivity contribution in [2.75, 3.05) is 13.7 Å². The Labute approximate surface area is 269 Å². The van der Waals surface area contributed by atoms with Gasteiger partial charge in [-0.3, -0.25) is 14.5 Å². The lowest BCUT2D eigenvalue weighted by Crippen LogP contribution is -2.43. The fourth-order valence-electron chi connectivity index (χ4n) is 7.38. The fraction of sp³-hybridized carbons (Fsp3) is 0.389. The number of methoxy groups -OCH3 is 1. The molecular weight excluding hydrogens is 593 g/mol. The molecule has 1 N–H and O–H groups in total. The number of fused-ring (bicyclic) bond motifs is 3. The summed E-state index contributed by atoms with van der Waals surface area (Å²) in [6, 6.07) is 20.2. The number of halogens is 2. The van der Waals surface area contributed by atoms with Gasteiger partial charge in [-0.15, -0.1) is 0 Å². The molecule has 2 aliphatic heterocycles. The zero-order chi connectivity index (χ0) is 30.8. The minimum atomic E-state index is -0.0850. The topological polar surface area (TPSA) is 63.6 Å². The van der Waals surface area contributed by atoms with E-state index in [1.165, 1.54) is 18.4 Å². The van der Waals surface area contributed by atoms with E-state index in [4.69, 9.17) is 27.9 Å². The van der Waals surface area contributed by atoms with Crippen molar-refractivity contribution in [2.24, 2.45) is 5.92 Å². The van der Waals surface area contributed by atoms with Crippen LogP contribution in [0.2, 0.25) is 10.0 Å². The van der Waals surface area contributed by atoms with Crippen LogP contribution in [0.4, 0.5) is 0 Å². The largest absolute Gasteiger partial charge is 0.495 e. The van der Waals surface area contributed by atoms with Crippen LogP contribution in [0, 0.1) is 12.8 Å². The van der Waals surface area contributed by atoms with Crippen LogP contribution in [0.3, 0.4) is 0 Å². The van der Waals surface area contributed by atoms with Crippen LogP contribution in [0.25, 0.3) is 10.9 Å². The lowest BCUT2D eigenvalue weighted by Gasteiger charge is -2.39. The van der Waals surface area contributed by atoms with Crippen molar-refractivity contribution in [1.29, 1.82) is 0 Å². The van der Waals surface area contributed by atoms with Gasteiger partial charge in [0.2, 0.25) is 0 Å². The predicted octanol–water partition coefficient (Wildman–Crippen LogP) is 8.10. The van der Waals surface area contributed by atoms with Gasteiger partial charge in [0.25, 0.3) is 5.91 Å². The number of para-hydroxylation sites is 1. The van der Waals surface area contributed by atoms with E-state index in [1.807, 2.05) is 36.5 Å². The Balaban J connectivity index is 1.09. The minimum absolute atomic E-state index is 0.0850. The van der Waals surface area contributed by atoms with Crippen LogP contribution in [0.1, 0.15) is 70.4 Å². The molecule has 0 saturated carbocycles. The number of aryl methyl sites for hydroxylation is 2. The Bertz CT molecular complexity index is 1650. The van der Waals surface area contributed by atoms with E-state index in [2.05, 4.69) is 33.8 Å². The van der Waals surface area contributed by atoms with E-state index >= 15 is 0 Å². The molecule has 3 heterocycles. The van der Waals surface area contributed by atoms with E-state index in [0.717, 1.165) is 54.6 Å². The first-order valence-corrected chi connectivity index (χ1v) is 16.3. The van der Waals surface area contributed by atoms with Gasteiger partial charge in [0.05, 0.1) is 18.2 Å². The number of carbonyl (C=O) groups excluding carboxylic acids is 2. The van der Waals surface area contributed by atoms with Crippen molar-refractivity contribution in [3.63, 3.8) is 0 Å². The summed E-state index contributed by atoms with van der Waals surface area (Å²) in [4.78, 5) is 29.1. The van der Waals surface area contributed by atoms with Crippen LogP contribution in [0.5, 0.6) is 5.75 Å². The Morgan fingerprint density at radius 3 is 2.39 bits per heavy atom. The number of Topliss-reactive ketones (excluding diaryl/α,β-unsaturated/α-hetero) is 1. The monoisotopic (exact) mass is 631 g/mol. The summed E-state index contributed by atoms with van der Waals surface area (Å²) < 4.78 is 7.91. The molecule has 6 nitrogen and oxygen atoms in total. The average Bonchev–Trinajstić information content (AvgIpc) is 3.48. The normalized spacial score (nSPS) is 19.8. The number of rotatable bonds is 11. The molecule has 0 aliphatic carbocycles. The molecule has 0 spiro atoms. The van der Waals surface area contributed by atoms with Crippen molar-refractivity contribution in [3.8, 4) is 5.75 Å². The summed E-state index contributed by atoms with van der Waals surface area (Å²) in [5, 5.41) is 5.01. The molecule has 3 atom stereocenters. The van der Waals surface area contributed by atoms with E-state index in [-0.39, 0.29) is 11.7 Å². The minimum Gasteiger partial charge on any atom is -0.495 e. The van der Waals surface area contributed by atoms with Gasteiger partial charge in [0, 0.05) is 65.3 Å². The maximum Gasteiger partial charge on any atom is 0.253 e. The van der Waals surface area contributed by atoms with E-state index in [0.29, 0.717) is 52.1 Å². The molecule has 8 heteroatoms. The number of ketones is 1.